The zero-order valence-electron chi connectivity index (χ0n) is 16.7. The van der Waals surface area contributed by atoms with E-state index in [1.54, 1.807) is 13.8 Å². The van der Waals surface area contributed by atoms with Crippen LogP contribution in [0.15, 0.2) is 11.1 Å². The smallest absolute Gasteiger partial charge is 0.280 e. The third kappa shape index (κ3) is 3.86. The first-order chi connectivity index (χ1) is 14.3. The van der Waals surface area contributed by atoms with Gasteiger partial charge in [0.15, 0.2) is 17.4 Å². The lowest BCUT2D eigenvalue weighted by Crippen LogP contribution is -2.39. The van der Waals surface area contributed by atoms with Crippen molar-refractivity contribution >= 4 is 28.9 Å². The number of rotatable bonds is 7. The van der Waals surface area contributed by atoms with Gasteiger partial charge in [-0.2, -0.15) is 4.98 Å². The second-order valence-electron chi connectivity index (χ2n) is 7.07. The first kappa shape index (κ1) is 22.0. The number of nitrogens with zero attached hydrogens (tertiary/aromatic N) is 4. The van der Waals surface area contributed by atoms with Crippen LogP contribution in [0.2, 0.25) is 0 Å². The van der Waals surface area contributed by atoms with Crippen LogP contribution in [0.5, 0.6) is 0 Å². The number of aliphatic hydroxyl groups is 3. The SMILES string of the molecule is CCCC(=O)N(C(=O)CCC)c1nc2c(ncn2[C@@H]2O[C@H](CO)[C@@H](O)[C@H]2O)c(=O)[nH]1. The second kappa shape index (κ2) is 9.00. The average Bonchev–Trinajstić information content (AvgIpc) is 3.24. The number of aromatic nitrogens is 4. The van der Waals surface area contributed by atoms with Crippen LogP contribution in [-0.2, 0) is 14.3 Å². The predicted octanol–water partition coefficient (Wildman–Crippen LogP) is -0.809. The van der Waals surface area contributed by atoms with E-state index in [-0.39, 0.29) is 30.0 Å². The third-order valence-corrected chi connectivity index (χ3v) is 4.85. The Morgan fingerprint density at radius 1 is 1.20 bits per heavy atom. The van der Waals surface area contributed by atoms with E-state index in [4.69, 9.17) is 4.74 Å². The summed E-state index contributed by atoms with van der Waals surface area (Å²) in [5.74, 6) is -1.26. The monoisotopic (exact) mass is 423 g/mol. The number of amides is 2. The number of aliphatic hydroxyl groups excluding tert-OH is 3. The van der Waals surface area contributed by atoms with Crippen molar-refractivity contribution in [1.82, 2.24) is 19.5 Å². The van der Waals surface area contributed by atoms with E-state index in [0.29, 0.717) is 12.8 Å². The molecule has 1 aliphatic heterocycles. The largest absolute Gasteiger partial charge is 0.394 e. The minimum atomic E-state index is -1.41. The van der Waals surface area contributed by atoms with Crippen LogP contribution < -0.4 is 10.5 Å². The Hall–Kier alpha value is -2.67. The fourth-order valence-corrected chi connectivity index (χ4v) is 3.34. The lowest BCUT2D eigenvalue weighted by molar-refractivity contribution is -0.126. The molecule has 0 aliphatic carbocycles. The van der Waals surface area contributed by atoms with Crippen LogP contribution in [0.3, 0.4) is 0 Å². The summed E-state index contributed by atoms with van der Waals surface area (Å²) in [4.78, 5) is 49.2. The minimum absolute atomic E-state index is 0.0396. The molecule has 4 atom stereocenters. The van der Waals surface area contributed by atoms with Gasteiger partial charge in [0.1, 0.15) is 18.3 Å². The number of H-pyrrole nitrogens is 1. The minimum Gasteiger partial charge on any atom is -0.394 e. The summed E-state index contributed by atoms with van der Waals surface area (Å²) in [6.45, 7) is 3.05. The van der Waals surface area contributed by atoms with E-state index < -0.39 is 48.5 Å². The Bertz CT molecular complexity index is 969. The molecule has 1 saturated heterocycles. The fourth-order valence-electron chi connectivity index (χ4n) is 3.34. The van der Waals surface area contributed by atoms with Gasteiger partial charge in [-0.15, -0.1) is 0 Å². The Kier molecular flexibility index (Phi) is 6.61. The molecule has 2 aromatic rings. The molecular weight excluding hydrogens is 398 g/mol. The van der Waals surface area contributed by atoms with Crippen LogP contribution in [-0.4, -0.2) is 71.6 Å². The lowest BCUT2D eigenvalue weighted by Gasteiger charge is -2.20. The molecule has 3 heterocycles. The lowest BCUT2D eigenvalue weighted by atomic mass is 10.1. The normalized spacial score (nSPS) is 23.8. The topological polar surface area (TPSA) is 171 Å². The molecule has 1 aliphatic rings. The van der Waals surface area contributed by atoms with Crippen LogP contribution in [0, 0.1) is 0 Å². The molecule has 0 spiro atoms. The van der Waals surface area contributed by atoms with E-state index in [2.05, 4.69) is 15.0 Å². The molecule has 3 rings (SSSR count). The molecule has 12 heteroatoms. The Balaban J connectivity index is 2.09. The van der Waals surface area contributed by atoms with Crippen molar-refractivity contribution in [2.75, 3.05) is 11.5 Å². The first-order valence-electron chi connectivity index (χ1n) is 9.79. The number of imide groups is 1. The number of imidazole rings is 1. The summed E-state index contributed by atoms with van der Waals surface area (Å²) < 4.78 is 6.70. The number of anilines is 1. The zero-order chi connectivity index (χ0) is 22.0. The van der Waals surface area contributed by atoms with Gasteiger partial charge in [-0.25, -0.2) is 9.88 Å². The second-order valence-corrected chi connectivity index (χ2v) is 7.07. The van der Waals surface area contributed by atoms with Crippen LogP contribution >= 0.6 is 0 Å². The summed E-state index contributed by atoms with van der Waals surface area (Å²) in [5, 5.41) is 29.6. The highest BCUT2D eigenvalue weighted by Crippen LogP contribution is 2.31. The van der Waals surface area contributed by atoms with Gasteiger partial charge in [0.2, 0.25) is 17.8 Å². The molecule has 0 radical (unpaired) electrons. The summed E-state index contributed by atoms with van der Waals surface area (Å²) in [5.41, 5.74) is -0.816. The van der Waals surface area contributed by atoms with Crippen molar-refractivity contribution in [2.24, 2.45) is 0 Å². The average molecular weight is 423 g/mol. The van der Waals surface area contributed by atoms with Gasteiger partial charge >= 0.3 is 0 Å². The van der Waals surface area contributed by atoms with E-state index in [1.165, 1.54) is 10.9 Å². The molecule has 0 aromatic carbocycles. The molecule has 0 unspecified atom stereocenters. The molecule has 12 nitrogen and oxygen atoms in total. The molecule has 30 heavy (non-hydrogen) atoms. The summed E-state index contributed by atoms with van der Waals surface area (Å²) in [7, 11) is 0. The van der Waals surface area contributed by atoms with Crippen molar-refractivity contribution in [3.8, 4) is 0 Å². The number of carbonyl (C=O) groups is 2. The van der Waals surface area contributed by atoms with Crippen molar-refractivity contribution in [3.05, 3.63) is 16.7 Å². The number of carbonyl (C=O) groups excluding carboxylic acids is 2. The summed E-state index contributed by atoms with van der Waals surface area (Å²) >= 11 is 0. The predicted molar refractivity (Wildman–Crippen MR) is 103 cm³/mol. The maximum Gasteiger partial charge on any atom is 0.280 e. The molecule has 0 bridgehead atoms. The van der Waals surface area contributed by atoms with Gasteiger partial charge in [0.05, 0.1) is 12.9 Å². The zero-order valence-corrected chi connectivity index (χ0v) is 16.7. The van der Waals surface area contributed by atoms with E-state index in [0.717, 1.165) is 4.90 Å². The number of aromatic amines is 1. The van der Waals surface area contributed by atoms with Gasteiger partial charge in [-0.1, -0.05) is 13.8 Å². The van der Waals surface area contributed by atoms with Gasteiger partial charge in [-0.05, 0) is 12.8 Å². The number of fused-ring (bicyclic) bond motifs is 1. The van der Waals surface area contributed by atoms with Gasteiger partial charge < -0.3 is 20.1 Å². The third-order valence-electron chi connectivity index (χ3n) is 4.85. The molecule has 0 saturated carbocycles. The van der Waals surface area contributed by atoms with Gasteiger partial charge in [0.25, 0.3) is 5.56 Å². The standard InChI is InChI=1S/C18H25N5O7/c1-3-5-10(25)23(11(26)6-4-2)18-20-15-12(16(29)21-18)19-8-22(15)17-14(28)13(27)9(7-24)30-17/h8-9,13-14,17,24,27-28H,3-7H2,1-2H3,(H,20,21,29)/t9-,13-,14-,17-/m1/s1. The molecule has 2 aromatic heterocycles. The van der Waals surface area contributed by atoms with Crippen molar-refractivity contribution in [1.29, 1.82) is 0 Å². The number of hydrogen-bond acceptors (Lipinski definition) is 9. The van der Waals surface area contributed by atoms with E-state index in [9.17, 15) is 29.7 Å². The summed E-state index contributed by atoms with van der Waals surface area (Å²) in [6.07, 6.45) is -2.59. The highest BCUT2D eigenvalue weighted by molar-refractivity contribution is 6.13. The number of ether oxygens (including phenoxy) is 1. The fraction of sp³-hybridized carbons (Fsp3) is 0.611. The Labute approximate surface area is 171 Å². The molecule has 1 fully saturated rings. The van der Waals surface area contributed by atoms with Crippen LogP contribution in [0.1, 0.15) is 45.8 Å². The quantitative estimate of drug-likeness (QED) is 0.444. The molecule has 164 valence electrons. The number of hydrogen-bond donors (Lipinski definition) is 4. The Morgan fingerprint density at radius 2 is 1.83 bits per heavy atom. The van der Waals surface area contributed by atoms with Gasteiger partial charge in [-0.3, -0.25) is 23.9 Å². The van der Waals surface area contributed by atoms with Gasteiger partial charge in [0, 0.05) is 12.8 Å². The highest BCUT2D eigenvalue weighted by atomic mass is 16.6. The molecule has 4 N–H and O–H groups in total. The Morgan fingerprint density at radius 3 is 2.37 bits per heavy atom. The van der Waals surface area contributed by atoms with Crippen molar-refractivity contribution < 1.29 is 29.6 Å². The first-order valence-corrected chi connectivity index (χ1v) is 9.79. The molecular formula is C18H25N5O7. The maximum absolute atomic E-state index is 12.6. The molecule has 2 amide bonds. The van der Waals surface area contributed by atoms with Crippen molar-refractivity contribution in [2.45, 2.75) is 64.1 Å². The maximum atomic E-state index is 12.6. The highest BCUT2D eigenvalue weighted by Gasteiger charge is 2.44. The van der Waals surface area contributed by atoms with Crippen LogP contribution in [0.25, 0.3) is 11.2 Å². The summed E-state index contributed by atoms with van der Waals surface area (Å²) in [6, 6.07) is 0. The van der Waals surface area contributed by atoms with E-state index in [1.807, 2.05) is 0 Å². The van der Waals surface area contributed by atoms with Crippen LogP contribution in [0.4, 0.5) is 5.95 Å². The van der Waals surface area contributed by atoms with Crippen molar-refractivity contribution in [3.63, 3.8) is 0 Å². The van der Waals surface area contributed by atoms with E-state index >= 15 is 0 Å². The number of nitrogens with one attached hydrogen (secondary N) is 1.